The lowest BCUT2D eigenvalue weighted by Gasteiger charge is -2.31. The number of sulfonamides is 1. The fourth-order valence-electron chi connectivity index (χ4n) is 4.24. The lowest BCUT2D eigenvalue weighted by molar-refractivity contribution is -0.133. The maximum Gasteiger partial charge on any atom is 0.384 e. The zero-order chi connectivity index (χ0) is 28.1. The minimum atomic E-state index is -3.63. The van der Waals surface area contributed by atoms with Gasteiger partial charge in [0, 0.05) is 37.2 Å². The van der Waals surface area contributed by atoms with Crippen molar-refractivity contribution in [2.75, 3.05) is 31.0 Å². The molecule has 204 valence electrons. The summed E-state index contributed by atoms with van der Waals surface area (Å²) >= 11 is 6.16. The molecular weight excluding hydrogens is 540 g/mol. The predicted molar refractivity (Wildman–Crippen MR) is 157 cm³/mol. The average Bonchev–Trinajstić information content (AvgIpc) is 3.29. The number of carbonyl (C=O) groups excluding carboxylic acids is 1. The zero-order valence-corrected chi connectivity index (χ0v) is 25.3. The Labute approximate surface area is 231 Å². The minimum Gasteiger partial charge on any atom is -0.459 e. The zero-order valence-electron chi connectivity index (χ0n) is 22.7. The molecule has 3 aromatic rings. The molecule has 0 saturated carbocycles. The number of esters is 1. The van der Waals surface area contributed by atoms with Crippen LogP contribution in [0.5, 0.6) is 0 Å². The van der Waals surface area contributed by atoms with E-state index in [1.807, 2.05) is 48.0 Å². The van der Waals surface area contributed by atoms with Crippen molar-refractivity contribution >= 4 is 52.3 Å². The molecule has 1 heterocycles. The molecule has 1 unspecified atom stereocenters. The van der Waals surface area contributed by atoms with Crippen LogP contribution in [0.1, 0.15) is 18.9 Å². The second-order valence-corrected chi connectivity index (χ2v) is 18.3. The number of ether oxygens (including phenoxy) is 2. The van der Waals surface area contributed by atoms with E-state index in [0.29, 0.717) is 23.7 Å². The first-order valence-corrected chi connectivity index (χ1v) is 18.3. The number of benzene rings is 2. The van der Waals surface area contributed by atoms with E-state index < -0.39 is 29.6 Å². The summed E-state index contributed by atoms with van der Waals surface area (Å²) in [6.45, 7) is 9.14. The summed E-state index contributed by atoms with van der Waals surface area (Å²) in [6.07, 6.45) is 3.56. The van der Waals surface area contributed by atoms with Crippen LogP contribution in [0.15, 0.2) is 54.7 Å². The quantitative estimate of drug-likeness (QED) is 0.0775. The first-order valence-electron chi connectivity index (χ1n) is 12.4. The van der Waals surface area contributed by atoms with Crippen LogP contribution in [0, 0.1) is 11.8 Å². The van der Waals surface area contributed by atoms with E-state index in [2.05, 4.69) is 31.5 Å². The van der Waals surface area contributed by atoms with Gasteiger partial charge < -0.3 is 14.0 Å². The molecule has 7 nitrogen and oxygen atoms in total. The highest BCUT2D eigenvalue weighted by Gasteiger charge is 2.33. The van der Waals surface area contributed by atoms with Gasteiger partial charge in [0.2, 0.25) is 10.0 Å². The normalized spacial score (nSPS) is 13.4. The maximum absolute atomic E-state index is 12.9. The van der Waals surface area contributed by atoms with Gasteiger partial charge in [-0.3, -0.25) is 0 Å². The van der Waals surface area contributed by atoms with Gasteiger partial charge in [-0.05, 0) is 48.4 Å². The summed E-state index contributed by atoms with van der Waals surface area (Å²) in [5, 5.41) is 1.30. The van der Waals surface area contributed by atoms with E-state index in [1.54, 1.807) is 18.2 Å². The molecule has 10 heteroatoms. The molecule has 38 heavy (non-hydrogen) atoms. The van der Waals surface area contributed by atoms with E-state index in [-0.39, 0.29) is 6.73 Å². The largest absolute Gasteiger partial charge is 0.459 e. The van der Waals surface area contributed by atoms with Crippen molar-refractivity contribution in [1.29, 1.82) is 0 Å². The summed E-state index contributed by atoms with van der Waals surface area (Å²) < 4.78 is 39.6. The van der Waals surface area contributed by atoms with Gasteiger partial charge in [0.1, 0.15) is 12.3 Å². The average molecular weight is 575 g/mol. The van der Waals surface area contributed by atoms with Crippen molar-refractivity contribution in [2.45, 2.75) is 44.6 Å². The number of anilines is 1. The molecule has 0 aliphatic heterocycles. The second kappa shape index (κ2) is 12.0. The third kappa shape index (κ3) is 6.80. The van der Waals surface area contributed by atoms with Gasteiger partial charge in [0.25, 0.3) is 0 Å². The van der Waals surface area contributed by atoms with Crippen LogP contribution < -0.4 is 4.31 Å². The molecular formula is C28H35ClN2O5SSi. The van der Waals surface area contributed by atoms with Crippen LogP contribution >= 0.6 is 11.6 Å². The Balaban J connectivity index is 2.16. The lowest BCUT2D eigenvalue weighted by Crippen LogP contribution is -2.34. The lowest BCUT2D eigenvalue weighted by atomic mass is 9.87. The van der Waals surface area contributed by atoms with Gasteiger partial charge in [0.05, 0.1) is 24.6 Å². The van der Waals surface area contributed by atoms with Crippen LogP contribution in [0.25, 0.3) is 10.9 Å². The number of fused-ring (bicyclic) bond motifs is 1. The van der Waals surface area contributed by atoms with Crippen molar-refractivity contribution in [3.8, 4) is 11.8 Å². The van der Waals surface area contributed by atoms with Gasteiger partial charge in [0.15, 0.2) is 0 Å². The van der Waals surface area contributed by atoms with Crippen LogP contribution in [0.4, 0.5) is 5.69 Å². The molecule has 0 aliphatic rings. The molecule has 1 aromatic heterocycles. The van der Waals surface area contributed by atoms with Crippen LogP contribution in [-0.4, -0.2) is 53.7 Å². The van der Waals surface area contributed by atoms with Gasteiger partial charge in [-0.15, -0.1) is 0 Å². The number of rotatable bonds is 10. The van der Waals surface area contributed by atoms with Crippen LogP contribution in [0.3, 0.4) is 0 Å². The molecule has 0 saturated heterocycles. The molecule has 0 radical (unpaired) electrons. The fourth-order valence-corrected chi connectivity index (χ4v) is 5.90. The molecule has 0 bridgehead atoms. The Morgan fingerprint density at radius 1 is 1.13 bits per heavy atom. The molecule has 3 rings (SSSR count). The minimum absolute atomic E-state index is 0.0775. The fraction of sp³-hybridized carbons (Fsp3) is 0.393. The van der Waals surface area contributed by atoms with Crippen LogP contribution in [-0.2, 0) is 29.8 Å². The smallest absolute Gasteiger partial charge is 0.384 e. The molecule has 0 N–H and O–H groups in total. The standard InChI is InChI=1S/C28H35ClN2O5SSi/c1-7-28(17-15-27(32)35-2,22-11-13-23(29)14-12-22)30-18-16-24-25(30)9-8-10-26(24)31(37(3,33)34)21-36-19-20-38(4,5)6/h8-14,16,18H,7,19-21H2,1-6H3. The highest BCUT2D eigenvalue weighted by Crippen LogP contribution is 2.37. The predicted octanol–water partition coefficient (Wildman–Crippen LogP) is 5.70. The molecule has 0 amide bonds. The van der Waals surface area contributed by atoms with E-state index in [0.717, 1.165) is 22.5 Å². The highest BCUT2D eigenvalue weighted by atomic mass is 35.5. The molecule has 0 fully saturated rings. The van der Waals surface area contributed by atoms with Crippen molar-refractivity contribution < 1.29 is 22.7 Å². The first kappa shape index (κ1) is 29.8. The summed E-state index contributed by atoms with van der Waals surface area (Å²) in [6, 6.07) is 15.6. The van der Waals surface area contributed by atoms with Crippen molar-refractivity contribution in [1.82, 2.24) is 4.57 Å². The van der Waals surface area contributed by atoms with Gasteiger partial charge >= 0.3 is 5.97 Å². The van der Waals surface area contributed by atoms with Crippen molar-refractivity contribution in [2.24, 2.45) is 0 Å². The first-order chi connectivity index (χ1) is 17.8. The number of methoxy groups -OCH3 is 1. The maximum atomic E-state index is 12.9. The highest BCUT2D eigenvalue weighted by molar-refractivity contribution is 7.92. The Bertz CT molecular complexity index is 1450. The SMILES string of the molecule is CCC(C#CC(=O)OC)(c1ccc(Cl)cc1)n1ccc2c(N(COCC[Si](C)(C)C)S(C)(=O)=O)cccc21. The molecule has 0 spiro atoms. The van der Waals surface area contributed by atoms with E-state index >= 15 is 0 Å². The number of halogens is 1. The van der Waals surface area contributed by atoms with Gasteiger partial charge in [-0.25, -0.2) is 17.5 Å². The van der Waals surface area contributed by atoms with Crippen molar-refractivity contribution in [3.05, 3.63) is 65.3 Å². The number of carbonyl (C=O) groups is 1. The number of hydrogen-bond donors (Lipinski definition) is 0. The number of hydrogen-bond acceptors (Lipinski definition) is 5. The van der Waals surface area contributed by atoms with E-state index in [1.165, 1.54) is 17.7 Å². The van der Waals surface area contributed by atoms with Gasteiger partial charge in [-0.2, -0.15) is 0 Å². The monoisotopic (exact) mass is 574 g/mol. The van der Waals surface area contributed by atoms with Crippen molar-refractivity contribution in [3.63, 3.8) is 0 Å². The molecule has 2 aromatic carbocycles. The number of nitrogens with zero attached hydrogens (tertiary/aromatic N) is 2. The Morgan fingerprint density at radius 2 is 1.82 bits per heavy atom. The third-order valence-electron chi connectivity index (χ3n) is 6.39. The topological polar surface area (TPSA) is 77.8 Å². The van der Waals surface area contributed by atoms with E-state index in [9.17, 15) is 13.2 Å². The molecule has 0 aliphatic carbocycles. The Kier molecular flexibility index (Phi) is 9.37. The number of aromatic nitrogens is 1. The summed E-state index contributed by atoms with van der Waals surface area (Å²) in [4.78, 5) is 12.0. The van der Waals surface area contributed by atoms with Gasteiger partial charge in [-0.1, -0.05) is 62.3 Å². The molecule has 1 atom stereocenters. The summed E-state index contributed by atoms with van der Waals surface area (Å²) in [7, 11) is -3.67. The van der Waals surface area contributed by atoms with E-state index in [4.69, 9.17) is 21.1 Å². The third-order valence-corrected chi connectivity index (χ3v) is 9.44. The Morgan fingerprint density at radius 3 is 2.39 bits per heavy atom. The Hall–Kier alpha value is -2.77. The second-order valence-electron chi connectivity index (χ2n) is 10.3. The summed E-state index contributed by atoms with van der Waals surface area (Å²) in [5.74, 6) is 5.11. The summed E-state index contributed by atoms with van der Waals surface area (Å²) in [5.41, 5.74) is 1.16. The van der Waals surface area contributed by atoms with Crippen LogP contribution in [0.2, 0.25) is 30.7 Å².